The van der Waals surface area contributed by atoms with Gasteiger partial charge in [-0.1, -0.05) is 17.7 Å². The molecular formula is C24H25ClF2N6O2S. The molecule has 2 aliphatic rings. The zero-order chi connectivity index (χ0) is 24.3. The molecule has 4 aromatic rings. The van der Waals surface area contributed by atoms with E-state index in [0.717, 1.165) is 47.4 Å². The molecule has 12 heteroatoms. The van der Waals surface area contributed by atoms with Gasteiger partial charge < -0.3 is 10.2 Å². The van der Waals surface area contributed by atoms with Crippen LogP contribution in [0, 0.1) is 6.92 Å². The lowest BCUT2D eigenvalue weighted by molar-refractivity contribution is 0.0566. The molecule has 2 atom stereocenters. The second-order valence-corrected chi connectivity index (χ2v) is 11.0. The lowest BCUT2D eigenvalue weighted by Crippen LogP contribution is -2.51. The molecule has 6 rings (SSSR count). The number of halogens is 3. The molecule has 0 spiro atoms. The van der Waals surface area contributed by atoms with E-state index in [1.807, 2.05) is 13.0 Å². The Morgan fingerprint density at radius 2 is 1.78 bits per heavy atom. The molecule has 2 saturated heterocycles. The predicted molar refractivity (Wildman–Crippen MR) is 135 cm³/mol. The van der Waals surface area contributed by atoms with Crippen molar-refractivity contribution in [2.75, 3.05) is 18.0 Å². The number of aromatic nitrogens is 4. The smallest absolute Gasteiger partial charge is 0.333 e. The Morgan fingerprint density at radius 1 is 1.08 bits per heavy atom. The number of rotatable bonds is 5. The first-order chi connectivity index (χ1) is 16.8. The van der Waals surface area contributed by atoms with Crippen LogP contribution in [0.4, 0.5) is 14.5 Å². The van der Waals surface area contributed by atoms with Gasteiger partial charge in [0.25, 0.3) is 10.0 Å². The first-order valence-electron chi connectivity index (χ1n) is 11.5. The number of hydrogen-bond donors (Lipinski definition) is 1. The minimum atomic E-state index is -4.09. The zero-order valence-electron chi connectivity index (χ0n) is 19.4. The van der Waals surface area contributed by atoms with Gasteiger partial charge in [0.1, 0.15) is 0 Å². The van der Waals surface area contributed by atoms with Crippen molar-refractivity contribution in [3.63, 3.8) is 0 Å². The molecule has 2 bridgehead atoms. The SMILES string of the molecule is Cc1ccc(S(=O)(=O)n2c(-c3cnn(C(F)F)c3)cc3c(N4CC5CCC(C4)N5)ccnc32)cc1.Cl. The van der Waals surface area contributed by atoms with Crippen LogP contribution in [0.25, 0.3) is 22.3 Å². The second-order valence-electron chi connectivity index (χ2n) is 9.21. The molecule has 0 radical (unpaired) electrons. The number of alkyl halides is 2. The summed E-state index contributed by atoms with van der Waals surface area (Å²) in [6, 6.07) is 10.9. The van der Waals surface area contributed by atoms with Crippen molar-refractivity contribution in [2.45, 2.75) is 43.3 Å². The van der Waals surface area contributed by atoms with Gasteiger partial charge in [0.15, 0.2) is 5.65 Å². The Hall–Kier alpha value is -3.02. The highest BCUT2D eigenvalue weighted by molar-refractivity contribution is 7.90. The number of aryl methyl sites for hydroxylation is 1. The van der Waals surface area contributed by atoms with E-state index in [-0.39, 0.29) is 34.2 Å². The summed E-state index contributed by atoms with van der Waals surface area (Å²) in [5.74, 6) is 0. The van der Waals surface area contributed by atoms with Crippen LogP contribution in [-0.2, 0) is 10.0 Å². The average molecular weight is 535 g/mol. The number of hydrogen-bond acceptors (Lipinski definition) is 6. The van der Waals surface area contributed by atoms with Crippen LogP contribution >= 0.6 is 12.4 Å². The highest BCUT2D eigenvalue weighted by Gasteiger charge is 2.34. The average Bonchev–Trinajstić information content (AvgIpc) is 3.55. The van der Waals surface area contributed by atoms with Gasteiger partial charge in [-0.2, -0.15) is 13.9 Å². The normalized spacial score (nSPS) is 19.7. The lowest BCUT2D eigenvalue weighted by atomic mass is 10.1. The number of piperazine rings is 1. The van der Waals surface area contributed by atoms with Gasteiger partial charge in [-0.15, -0.1) is 12.4 Å². The molecule has 8 nitrogen and oxygen atoms in total. The number of nitrogens with zero attached hydrogens (tertiary/aromatic N) is 5. The monoisotopic (exact) mass is 534 g/mol. The van der Waals surface area contributed by atoms with E-state index in [2.05, 4.69) is 20.3 Å². The minimum absolute atomic E-state index is 0. The van der Waals surface area contributed by atoms with Crippen LogP contribution < -0.4 is 10.2 Å². The lowest BCUT2D eigenvalue weighted by Gasteiger charge is -2.34. The van der Waals surface area contributed by atoms with E-state index in [1.54, 1.807) is 36.5 Å². The van der Waals surface area contributed by atoms with Crippen molar-refractivity contribution in [1.29, 1.82) is 0 Å². The minimum Gasteiger partial charge on any atom is -0.368 e. The highest BCUT2D eigenvalue weighted by atomic mass is 35.5. The molecule has 3 aromatic heterocycles. The van der Waals surface area contributed by atoms with E-state index in [1.165, 1.54) is 6.20 Å². The third kappa shape index (κ3) is 4.04. The Kier molecular flexibility index (Phi) is 6.26. The summed E-state index contributed by atoms with van der Waals surface area (Å²) >= 11 is 0. The summed E-state index contributed by atoms with van der Waals surface area (Å²) in [4.78, 5) is 6.81. The number of anilines is 1. The van der Waals surface area contributed by atoms with Crippen molar-refractivity contribution < 1.29 is 17.2 Å². The molecule has 5 heterocycles. The van der Waals surface area contributed by atoms with Crippen LogP contribution in [0.2, 0.25) is 0 Å². The molecule has 2 fully saturated rings. The van der Waals surface area contributed by atoms with Crippen molar-refractivity contribution in [1.82, 2.24) is 24.1 Å². The van der Waals surface area contributed by atoms with E-state index in [9.17, 15) is 17.2 Å². The van der Waals surface area contributed by atoms with Gasteiger partial charge in [-0.3, -0.25) is 0 Å². The fourth-order valence-electron chi connectivity index (χ4n) is 5.17. The fourth-order valence-corrected chi connectivity index (χ4v) is 6.65. The molecule has 0 saturated carbocycles. The van der Waals surface area contributed by atoms with Crippen molar-refractivity contribution >= 4 is 39.2 Å². The number of benzene rings is 1. The molecule has 190 valence electrons. The number of pyridine rings is 1. The van der Waals surface area contributed by atoms with Crippen LogP contribution in [0.1, 0.15) is 25.0 Å². The summed E-state index contributed by atoms with van der Waals surface area (Å²) in [6.45, 7) is 0.661. The molecule has 36 heavy (non-hydrogen) atoms. The summed E-state index contributed by atoms with van der Waals surface area (Å²) in [7, 11) is -4.09. The first kappa shape index (κ1) is 24.7. The molecule has 0 aliphatic carbocycles. The molecular weight excluding hydrogens is 510 g/mol. The molecule has 0 amide bonds. The largest absolute Gasteiger partial charge is 0.368 e. The fraction of sp³-hybridized carbons (Fsp3) is 0.333. The maximum absolute atomic E-state index is 13.9. The van der Waals surface area contributed by atoms with Crippen molar-refractivity contribution in [2.24, 2.45) is 0 Å². The maximum Gasteiger partial charge on any atom is 0.333 e. The third-order valence-electron chi connectivity index (χ3n) is 6.85. The van der Waals surface area contributed by atoms with E-state index in [4.69, 9.17) is 0 Å². The van der Waals surface area contributed by atoms with Crippen molar-refractivity contribution in [3.8, 4) is 11.3 Å². The summed E-state index contributed by atoms with van der Waals surface area (Å²) < 4.78 is 56.0. The highest BCUT2D eigenvalue weighted by Crippen LogP contribution is 2.37. The van der Waals surface area contributed by atoms with Gasteiger partial charge in [0, 0.05) is 54.2 Å². The van der Waals surface area contributed by atoms with Gasteiger partial charge in [0.2, 0.25) is 0 Å². The molecule has 2 aliphatic heterocycles. The predicted octanol–water partition coefficient (Wildman–Crippen LogP) is 4.20. The number of nitrogens with one attached hydrogen (secondary N) is 1. The second kappa shape index (κ2) is 9.13. The van der Waals surface area contributed by atoms with Gasteiger partial charge in [-0.05, 0) is 44.0 Å². The quantitative estimate of drug-likeness (QED) is 0.413. The van der Waals surface area contributed by atoms with Crippen LogP contribution in [0.5, 0.6) is 0 Å². The summed E-state index contributed by atoms with van der Waals surface area (Å²) in [5.41, 5.74) is 2.58. The maximum atomic E-state index is 13.9. The van der Waals surface area contributed by atoms with Crippen LogP contribution in [-0.4, -0.2) is 52.3 Å². The Morgan fingerprint density at radius 3 is 2.42 bits per heavy atom. The van der Waals surface area contributed by atoms with Crippen LogP contribution in [0.15, 0.2) is 59.9 Å². The van der Waals surface area contributed by atoms with E-state index in [0.29, 0.717) is 22.2 Å². The van der Waals surface area contributed by atoms with Gasteiger partial charge >= 0.3 is 6.55 Å². The number of fused-ring (bicyclic) bond motifs is 3. The Balaban J connectivity index is 0.00000267. The molecule has 1 N–H and O–H groups in total. The van der Waals surface area contributed by atoms with Crippen molar-refractivity contribution in [3.05, 3.63) is 60.6 Å². The van der Waals surface area contributed by atoms with E-state index < -0.39 is 16.6 Å². The zero-order valence-corrected chi connectivity index (χ0v) is 21.0. The molecule has 1 aromatic carbocycles. The topological polar surface area (TPSA) is 85.0 Å². The Labute approximate surface area is 213 Å². The first-order valence-corrected chi connectivity index (χ1v) is 12.9. The summed E-state index contributed by atoms with van der Waals surface area (Å²) in [6.07, 6.45) is 6.23. The molecule has 2 unspecified atom stereocenters. The summed E-state index contributed by atoms with van der Waals surface area (Å²) in [5, 5.41) is 7.99. The van der Waals surface area contributed by atoms with E-state index >= 15 is 0 Å². The Bertz CT molecular complexity index is 1510. The van der Waals surface area contributed by atoms with Crippen LogP contribution in [0.3, 0.4) is 0 Å². The standard InChI is InChI=1S/C24H24F2N6O2S.ClH/c1-15-2-6-19(7-3-15)35(33,34)32-22(16-11-28-31(12-16)24(25)26)10-20-21(8-9-27-23(20)32)30-13-17-4-5-18(14-30)29-17;/h2-3,6-12,17-18,24,29H,4-5,13-14H2,1H3;1H. The van der Waals surface area contributed by atoms with Gasteiger partial charge in [0.05, 0.1) is 16.8 Å². The third-order valence-corrected chi connectivity index (χ3v) is 8.57. The van der Waals surface area contributed by atoms with Gasteiger partial charge in [-0.25, -0.2) is 22.1 Å².